The second-order valence-electron chi connectivity index (χ2n) is 5.34. The van der Waals surface area contributed by atoms with Gasteiger partial charge in [-0.05, 0) is 26.8 Å². The lowest BCUT2D eigenvalue weighted by Crippen LogP contribution is -2.27. The molecule has 19 heavy (non-hydrogen) atoms. The van der Waals surface area contributed by atoms with E-state index in [-0.39, 0.29) is 24.7 Å². The number of rotatable bonds is 5. The van der Waals surface area contributed by atoms with Gasteiger partial charge < -0.3 is 10.1 Å². The van der Waals surface area contributed by atoms with Gasteiger partial charge in [-0.2, -0.15) is 5.10 Å². The molecule has 1 amide bonds. The molecule has 1 aromatic heterocycles. The molecule has 6 nitrogen and oxygen atoms in total. The molecule has 0 aliphatic carbocycles. The Bertz CT molecular complexity index is 446. The van der Waals surface area contributed by atoms with Gasteiger partial charge in [0, 0.05) is 19.7 Å². The van der Waals surface area contributed by atoms with Crippen molar-refractivity contribution in [2.45, 2.75) is 45.8 Å². The van der Waals surface area contributed by atoms with E-state index >= 15 is 0 Å². The highest BCUT2D eigenvalue weighted by Gasteiger charge is 2.16. The zero-order chi connectivity index (χ0) is 14.5. The number of amides is 1. The molecule has 0 aliphatic rings. The summed E-state index contributed by atoms with van der Waals surface area (Å²) in [7, 11) is 1.81. The Labute approximate surface area is 113 Å². The lowest BCUT2D eigenvalue weighted by molar-refractivity contribution is -0.155. The molecular weight excluding hydrogens is 246 g/mol. The van der Waals surface area contributed by atoms with Gasteiger partial charge in [-0.25, -0.2) is 0 Å². The van der Waals surface area contributed by atoms with Gasteiger partial charge in [0.2, 0.25) is 5.91 Å². The zero-order valence-electron chi connectivity index (χ0n) is 11.9. The summed E-state index contributed by atoms with van der Waals surface area (Å²) in [5, 5.41) is 6.84. The summed E-state index contributed by atoms with van der Waals surface area (Å²) >= 11 is 0. The zero-order valence-corrected chi connectivity index (χ0v) is 11.9. The fourth-order valence-corrected chi connectivity index (χ4v) is 1.44. The molecule has 0 radical (unpaired) electrons. The van der Waals surface area contributed by atoms with Gasteiger partial charge >= 0.3 is 5.97 Å². The van der Waals surface area contributed by atoms with E-state index in [0.29, 0.717) is 6.54 Å². The van der Waals surface area contributed by atoms with Crippen molar-refractivity contribution < 1.29 is 14.3 Å². The van der Waals surface area contributed by atoms with Gasteiger partial charge in [-0.15, -0.1) is 0 Å². The summed E-state index contributed by atoms with van der Waals surface area (Å²) in [6, 6.07) is 1.83. The van der Waals surface area contributed by atoms with Crippen molar-refractivity contribution in [1.82, 2.24) is 15.1 Å². The Hall–Kier alpha value is -1.85. The van der Waals surface area contributed by atoms with E-state index in [1.54, 1.807) is 25.5 Å². The van der Waals surface area contributed by atoms with Crippen molar-refractivity contribution in [3.8, 4) is 0 Å². The van der Waals surface area contributed by atoms with Gasteiger partial charge in [-0.3, -0.25) is 14.3 Å². The molecule has 106 valence electrons. The first kappa shape index (κ1) is 15.2. The van der Waals surface area contributed by atoms with E-state index < -0.39 is 5.60 Å². The van der Waals surface area contributed by atoms with Crippen molar-refractivity contribution in [2.75, 3.05) is 0 Å². The van der Waals surface area contributed by atoms with Crippen LogP contribution in [0.1, 0.15) is 39.3 Å². The molecule has 0 aliphatic heterocycles. The quantitative estimate of drug-likeness (QED) is 0.812. The number of aromatic nitrogens is 2. The van der Waals surface area contributed by atoms with E-state index in [2.05, 4.69) is 10.4 Å². The summed E-state index contributed by atoms with van der Waals surface area (Å²) in [6.07, 6.45) is 2.02. The number of esters is 1. The summed E-state index contributed by atoms with van der Waals surface area (Å²) < 4.78 is 6.79. The molecule has 0 saturated carbocycles. The SMILES string of the molecule is Cn1ccc(CNC(=O)CCC(=O)OC(C)(C)C)n1. The molecule has 0 atom stereocenters. The number of carbonyl (C=O) groups excluding carboxylic acids is 2. The Kier molecular flexibility index (Phi) is 5.09. The van der Waals surface area contributed by atoms with Crippen molar-refractivity contribution in [2.24, 2.45) is 7.05 Å². The van der Waals surface area contributed by atoms with Gasteiger partial charge in [0.05, 0.1) is 18.7 Å². The molecular formula is C13H21N3O3. The van der Waals surface area contributed by atoms with Gasteiger partial charge in [0.1, 0.15) is 5.60 Å². The molecule has 0 spiro atoms. The van der Waals surface area contributed by atoms with Gasteiger partial charge in [0.25, 0.3) is 0 Å². The number of nitrogens with zero attached hydrogens (tertiary/aromatic N) is 2. The van der Waals surface area contributed by atoms with Crippen LogP contribution in [-0.2, 0) is 27.9 Å². The monoisotopic (exact) mass is 267 g/mol. The van der Waals surface area contributed by atoms with Crippen LogP contribution in [0.25, 0.3) is 0 Å². The largest absolute Gasteiger partial charge is 0.460 e. The van der Waals surface area contributed by atoms with Crippen molar-refractivity contribution in [1.29, 1.82) is 0 Å². The molecule has 0 bridgehead atoms. The number of aryl methyl sites for hydroxylation is 1. The maximum absolute atomic E-state index is 11.5. The van der Waals surface area contributed by atoms with Crippen LogP contribution in [0.4, 0.5) is 0 Å². The van der Waals surface area contributed by atoms with Crippen LogP contribution in [0.2, 0.25) is 0 Å². The van der Waals surface area contributed by atoms with Crippen LogP contribution in [-0.4, -0.2) is 27.3 Å². The second-order valence-corrected chi connectivity index (χ2v) is 5.34. The van der Waals surface area contributed by atoms with Crippen LogP contribution in [0.3, 0.4) is 0 Å². The van der Waals surface area contributed by atoms with E-state index in [1.807, 2.05) is 19.3 Å². The lowest BCUT2D eigenvalue weighted by atomic mass is 10.2. The molecule has 1 N–H and O–H groups in total. The maximum Gasteiger partial charge on any atom is 0.306 e. The van der Waals surface area contributed by atoms with Crippen molar-refractivity contribution >= 4 is 11.9 Å². The third-order valence-electron chi connectivity index (χ3n) is 2.21. The summed E-state index contributed by atoms with van der Waals surface area (Å²) in [4.78, 5) is 23.0. The summed E-state index contributed by atoms with van der Waals surface area (Å²) in [5.74, 6) is -0.544. The number of nitrogens with one attached hydrogen (secondary N) is 1. The van der Waals surface area contributed by atoms with Crippen LogP contribution in [0, 0.1) is 0 Å². The lowest BCUT2D eigenvalue weighted by Gasteiger charge is -2.19. The van der Waals surface area contributed by atoms with Crippen LogP contribution in [0.5, 0.6) is 0 Å². The fraction of sp³-hybridized carbons (Fsp3) is 0.615. The average Bonchev–Trinajstić information content (AvgIpc) is 2.67. The molecule has 0 saturated heterocycles. The second kappa shape index (κ2) is 6.36. The summed E-state index contributed by atoms with van der Waals surface area (Å²) in [6.45, 7) is 5.76. The van der Waals surface area contributed by atoms with Crippen LogP contribution < -0.4 is 5.32 Å². The summed E-state index contributed by atoms with van der Waals surface area (Å²) in [5.41, 5.74) is 0.273. The molecule has 0 fully saturated rings. The highest BCUT2D eigenvalue weighted by molar-refractivity contribution is 5.81. The topological polar surface area (TPSA) is 73.2 Å². The third kappa shape index (κ3) is 6.59. The minimum atomic E-state index is -0.512. The number of hydrogen-bond acceptors (Lipinski definition) is 4. The number of hydrogen-bond donors (Lipinski definition) is 1. The van der Waals surface area contributed by atoms with Crippen molar-refractivity contribution in [3.63, 3.8) is 0 Å². The van der Waals surface area contributed by atoms with E-state index in [0.717, 1.165) is 5.69 Å². The number of carbonyl (C=O) groups is 2. The average molecular weight is 267 g/mol. The molecule has 0 unspecified atom stereocenters. The molecule has 1 rings (SSSR count). The standard InChI is InChI=1S/C13H21N3O3/c1-13(2,3)19-12(18)6-5-11(17)14-9-10-7-8-16(4)15-10/h7-8H,5-6,9H2,1-4H3,(H,14,17). The van der Waals surface area contributed by atoms with Crippen molar-refractivity contribution in [3.05, 3.63) is 18.0 Å². The Morgan fingerprint density at radius 3 is 2.58 bits per heavy atom. The first-order chi connectivity index (χ1) is 8.76. The minimum Gasteiger partial charge on any atom is -0.460 e. The third-order valence-corrected chi connectivity index (χ3v) is 2.21. The first-order valence-electron chi connectivity index (χ1n) is 6.23. The normalized spacial score (nSPS) is 11.2. The van der Waals surface area contributed by atoms with Crippen LogP contribution >= 0.6 is 0 Å². The Morgan fingerprint density at radius 2 is 2.05 bits per heavy atom. The molecule has 0 aromatic carbocycles. The first-order valence-corrected chi connectivity index (χ1v) is 6.23. The number of ether oxygens (including phenoxy) is 1. The van der Waals surface area contributed by atoms with Gasteiger partial charge in [0.15, 0.2) is 0 Å². The molecule has 1 heterocycles. The highest BCUT2D eigenvalue weighted by Crippen LogP contribution is 2.09. The van der Waals surface area contributed by atoms with Crippen LogP contribution in [0.15, 0.2) is 12.3 Å². The van der Waals surface area contributed by atoms with E-state index in [9.17, 15) is 9.59 Å². The predicted octanol–water partition coefficient (Wildman–Crippen LogP) is 1.16. The molecule has 6 heteroatoms. The Balaban J connectivity index is 2.23. The van der Waals surface area contributed by atoms with Gasteiger partial charge in [-0.1, -0.05) is 0 Å². The smallest absolute Gasteiger partial charge is 0.306 e. The van der Waals surface area contributed by atoms with E-state index in [4.69, 9.17) is 4.74 Å². The maximum atomic E-state index is 11.5. The minimum absolute atomic E-state index is 0.0886. The highest BCUT2D eigenvalue weighted by atomic mass is 16.6. The predicted molar refractivity (Wildman–Crippen MR) is 70.1 cm³/mol. The van der Waals surface area contributed by atoms with E-state index in [1.165, 1.54) is 0 Å². The Morgan fingerprint density at radius 1 is 1.37 bits per heavy atom. The fourth-order valence-electron chi connectivity index (χ4n) is 1.44. The molecule has 1 aromatic rings.